The second-order valence-corrected chi connectivity index (χ2v) is 7.38. The summed E-state index contributed by atoms with van der Waals surface area (Å²) in [5.41, 5.74) is 1.85. The summed E-state index contributed by atoms with van der Waals surface area (Å²) in [6.07, 6.45) is 5.60. The third kappa shape index (κ3) is 4.30. The van der Waals surface area contributed by atoms with E-state index in [1.165, 1.54) is 5.69 Å². The number of hydrogen-bond acceptors (Lipinski definition) is 6. The molecule has 1 aliphatic heterocycles. The van der Waals surface area contributed by atoms with E-state index >= 15 is 0 Å². The molecule has 1 aromatic heterocycles. The maximum atomic E-state index is 12.3. The number of carbonyl (C=O) groups excluding carboxylic acids is 2. The van der Waals surface area contributed by atoms with Crippen molar-refractivity contribution in [3.63, 3.8) is 0 Å². The summed E-state index contributed by atoms with van der Waals surface area (Å²) in [6, 6.07) is 10.4. The number of hydrogen-bond donors (Lipinski definition) is 1. The third-order valence-electron chi connectivity index (χ3n) is 5.50. The molecular weight excluding hydrogens is 354 g/mol. The maximum Gasteiger partial charge on any atom is 0.227 e. The largest absolute Gasteiger partial charge is 0.368 e. The van der Waals surface area contributed by atoms with E-state index in [0.717, 1.165) is 26.2 Å². The Balaban J connectivity index is 1.30. The first-order valence-corrected chi connectivity index (χ1v) is 9.88. The number of anilines is 3. The monoisotopic (exact) mass is 379 g/mol. The Kier molecular flexibility index (Phi) is 5.50. The first-order valence-electron chi connectivity index (χ1n) is 9.88. The molecule has 0 spiro atoms. The van der Waals surface area contributed by atoms with Crippen molar-refractivity contribution in [2.24, 2.45) is 5.92 Å². The van der Waals surface area contributed by atoms with Crippen molar-refractivity contribution in [1.82, 2.24) is 9.97 Å². The minimum atomic E-state index is -0.0940. The maximum absolute atomic E-state index is 12.3. The van der Waals surface area contributed by atoms with Crippen LogP contribution in [-0.2, 0) is 9.59 Å². The van der Waals surface area contributed by atoms with E-state index in [0.29, 0.717) is 37.3 Å². The van der Waals surface area contributed by atoms with Gasteiger partial charge in [-0.2, -0.15) is 0 Å². The smallest absolute Gasteiger partial charge is 0.227 e. The lowest BCUT2D eigenvalue weighted by Gasteiger charge is -2.36. The van der Waals surface area contributed by atoms with Crippen molar-refractivity contribution in [1.29, 1.82) is 0 Å². The quantitative estimate of drug-likeness (QED) is 0.879. The zero-order valence-electron chi connectivity index (χ0n) is 15.9. The Bertz CT molecular complexity index is 806. The first-order chi connectivity index (χ1) is 13.7. The number of benzene rings is 1. The predicted octanol–water partition coefficient (Wildman–Crippen LogP) is 2.50. The van der Waals surface area contributed by atoms with Crippen molar-refractivity contribution in [3.8, 4) is 0 Å². The van der Waals surface area contributed by atoms with Gasteiger partial charge in [-0.25, -0.2) is 9.97 Å². The van der Waals surface area contributed by atoms with Crippen LogP contribution >= 0.6 is 0 Å². The van der Waals surface area contributed by atoms with Gasteiger partial charge >= 0.3 is 0 Å². The lowest BCUT2D eigenvalue weighted by Crippen LogP contribution is -2.47. The highest BCUT2D eigenvalue weighted by molar-refractivity contribution is 5.93. The molecule has 2 aliphatic rings. The molecule has 1 aliphatic carbocycles. The molecule has 1 aromatic carbocycles. The molecule has 1 N–H and O–H groups in total. The highest BCUT2D eigenvalue weighted by atomic mass is 16.2. The highest BCUT2D eigenvalue weighted by Gasteiger charge is 2.25. The van der Waals surface area contributed by atoms with Gasteiger partial charge < -0.3 is 15.1 Å². The zero-order valence-corrected chi connectivity index (χ0v) is 15.9. The van der Waals surface area contributed by atoms with E-state index in [1.807, 2.05) is 6.07 Å². The molecule has 7 nitrogen and oxygen atoms in total. The van der Waals surface area contributed by atoms with Crippen LogP contribution in [0.5, 0.6) is 0 Å². The first kappa shape index (κ1) is 18.4. The summed E-state index contributed by atoms with van der Waals surface area (Å²) < 4.78 is 0. The van der Waals surface area contributed by atoms with Crippen LogP contribution < -0.4 is 15.1 Å². The molecule has 28 heavy (non-hydrogen) atoms. The van der Waals surface area contributed by atoms with Gasteiger partial charge in [-0.3, -0.25) is 9.59 Å². The summed E-state index contributed by atoms with van der Waals surface area (Å²) >= 11 is 0. The second-order valence-electron chi connectivity index (χ2n) is 7.38. The van der Waals surface area contributed by atoms with Crippen molar-refractivity contribution in [3.05, 3.63) is 42.7 Å². The molecule has 0 atom stereocenters. The number of piperazine rings is 1. The van der Waals surface area contributed by atoms with Gasteiger partial charge in [0.05, 0.1) is 18.1 Å². The summed E-state index contributed by atoms with van der Waals surface area (Å²) in [5.74, 6) is 0.807. The van der Waals surface area contributed by atoms with Crippen LogP contribution in [0.1, 0.15) is 25.7 Å². The summed E-state index contributed by atoms with van der Waals surface area (Å²) in [4.78, 5) is 37.1. The van der Waals surface area contributed by atoms with Crippen molar-refractivity contribution in [2.45, 2.75) is 25.7 Å². The Morgan fingerprint density at radius 2 is 1.54 bits per heavy atom. The van der Waals surface area contributed by atoms with Crippen LogP contribution in [0.2, 0.25) is 0 Å². The highest BCUT2D eigenvalue weighted by Crippen LogP contribution is 2.23. The number of aromatic nitrogens is 2. The van der Waals surface area contributed by atoms with E-state index < -0.39 is 0 Å². The molecule has 7 heteroatoms. The third-order valence-corrected chi connectivity index (χ3v) is 5.50. The van der Waals surface area contributed by atoms with Gasteiger partial charge in [0.2, 0.25) is 11.9 Å². The Morgan fingerprint density at radius 3 is 2.18 bits per heavy atom. The molecule has 0 radical (unpaired) electrons. The predicted molar refractivity (Wildman–Crippen MR) is 108 cm³/mol. The number of carbonyl (C=O) groups is 2. The number of Topliss-reactive ketones (excluding diaryl/α,β-unsaturated/α-hetero) is 1. The minimum absolute atomic E-state index is 0.0414. The van der Waals surface area contributed by atoms with Crippen LogP contribution in [0.25, 0.3) is 0 Å². The summed E-state index contributed by atoms with van der Waals surface area (Å²) in [7, 11) is 0. The van der Waals surface area contributed by atoms with Crippen LogP contribution in [0, 0.1) is 5.92 Å². The molecule has 2 heterocycles. The van der Waals surface area contributed by atoms with Gasteiger partial charge in [0, 0.05) is 50.6 Å². The molecule has 0 unspecified atom stereocenters. The standard InChI is InChI=1S/C21H25N5O2/c27-19-8-6-16(7-9-19)20(28)24-17-14-22-21(23-15-17)26-12-10-25(11-13-26)18-4-2-1-3-5-18/h1-5,14-16H,6-13H2,(H,24,28). The van der Waals surface area contributed by atoms with Crippen molar-refractivity contribution in [2.75, 3.05) is 41.3 Å². The fourth-order valence-corrected chi connectivity index (χ4v) is 3.80. The molecule has 1 amide bonds. The number of amides is 1. The zero-order chi connectivity index (χ0) is 19.3. The average Bonchev–Trinajstić information content (AvgIpc) is 2.75. The van der Waals surface area contributed by atoms with Crippen LogP contribution in [0.3, 0.4) is 0 Å². The molecule has 0 bridgehead atoms. The van der Waals surface area contributed by atoms with E-state index in [1.54, 1.807) is 12.4 Å². The second kappa shape index (κ2) is 8.37. The number of nitrogens with one attached hydrogen (secondary N) is 1. The van der Waals surface area contributed by atoms with Gasteiger partial charge in [-0.1, -0.05) is 18.2 Å². The van der Waals surface area contributed by atoms with Gasteiger partial charge in [-0.15, -0.1) is 0 Å². The molecule has 1 saturated carbocycles. The minimum Gasteiger partial charge on any atom is -0.368 e. The molecule has 2 fully saturated rings. The summed E-state index contributed by atoms with van der Waals surface area (Å²) in [5, 5.41) is 2.88. The van der Waals surface area contributed by atoms with Gasteiger partial charge in [0.1, 0.15) is 5.78 Å². The number of ketones is 1. The molecule has 146 valence electrons. The van der Waals surface area contributed by atoms with Crippen molar-refractivity contribution < 1.29 is 9.59 Å². The molecule has 4 rings (SSSR count). The molecular formula is C21H25N5O2. The normalized spacial score (nSPS) is 18.2. The molecule has 2 aromatic rings. The topological polar surface area (TPSA) is 78.4 Å². The number of para-hydroxylation sites is 1. The van der Waals surface area contributed by atoms with E-state index in [-0.39, 0.29) is 17.6 Å². The van der Waals surface area contributed by atoms with Gasteiger partial charge in [0.15, 0.2) is 0 Å². The Hall–Kier alpha value is -2.96. The number of nitrogens with zero attached hydrogens (tertiary/aromatic N) is 4. The van der Waals surface area contributed by atoms with E-state index in [4.69, 9.17) is 0 Å². The summed E-state index contributed by atoms with van der Waals surface area (Å²) in [6.45, 7) is 3.56. The fraction of sp³-hybridized carbons (Fsp3) is 0.429. The van der Waals surface area contributed by atoms with Crippen LogP contribution in [0.4, 0.5) is 17.3 Å². The SMILES string of the molecule is O=C1CCC(C(=O)Nc2cnc(N3CCN(c4ccccc4)CC3)nc2)CC1. The van der Waals surface area contributed by atoms with Crippen molar-refractivity contribution >= 4 is 29.0 Å². The van der Waals surface area contributed by atoms with Gasteiger partial charge in [0.25, 0.3) is 0 Å². The van der Waals surface area contributed by atoms with Crippen LogP contribution in [0.15, 0.2) is 42.7 Å². The van der Waals surface area contributed by atoms with E-state index in [9.17, 15) is 9.59 Å². The molecule has 1 saturated heterocycles. The lowest BCUT2D eigenvalue weighted by molar-refractivity contribution is -0.125. The average molecular weight is 379 g/mol. The van der Waals surface area contributed by atoms with Crippen LogP contribution in [-0.4, -0.2) is 47.8 Å². The Labute approximate surface area is 164 Å². The van der Waals surface area contributed by atoms with E-state index in [2.05, 4.69) is 49.4 Å². The lowest BCUT2D eigenvalue weighted by atomic mass is 9.88. The van der Waals surface area contributed by atoms with Gasteiger partial charge in [-0.05, 0) is 25.0 Å². The fourth-order valence-electron chi connectivity index (χ4n) is 3.80. The Morgan fingerprint density at radius 1 is 0.929 bits per heavy atom. The number of rotatable bonds is 4.